The quantitative estimate of drug-likeness (QED) is 0.355. The van der Waals surface area contributed by atoms with Gasteiger partial charge in [0.05, 0.1) is 6.07 Å². The maximum atomic E-state index is 13.5. The molecule has 3 saturated heterocycles. The molecule has 11 nitrogen and oxygen atoms in total. The number of hydrogen-bond donors (Lipinski definition) is 4. The van der Waals surface area contributed by atoms with Gasteiger partial charge in [-0.05, 0) is 42.9 Å². The van der Waals surface area contributed by atoms with Crippen LogP contribution >= 0.6 is 0 Å². The summed E-state index contributed by atoms with van der Waals surface area (Å²) in [6, 6.07) is -2.79. The lowest BCUT2D eigenvalue weighted by atomic mass is 9.55. The van der Waals surface area contributed by atoms with Crippen LogP contribution in [0.1, 0.15) is 39.5 Å². The van der Waals surface area contributed by atoms with Gasteiger partial charge in [-0.15, -0.1) is 0 Å². The summed E-state index contributed by atoms with van der Waals surface area (Å²) in [4.78, 5) is 64.9. The molecule has 7 atom stereocenters. The Labute approximate surface area is 210 Å². The fourth-order valence-electron chi connectivity index (χ4n) is 6.33. The molecule has 1 unspecified atom stereocenters. The topological polar surface area (TPSA) is 160 Å². The molecule has 3 heterocycles. The van der Waals surface area contributed by atoms with Crippen molar-refractivity contribution in [3.05, 3.63) is 0 Å². The number of halogens is 3. The van der Waals surface area contributed by atoms with E-state index in [4.69, 9.17) is 0 Å². The molecule has 1 saturated carbocycles. The summed E-state index contributed by atoms with van der Waals surface area (Å²) in [6.45, 7) is 3.71. The van der Waals surface area contributed by atoms with E-state index in [1.165, 1.54) is 4.90 Å². The first-order valence-corrected chi connectivity index (χ1v) is 12.2. The monoisotopic (exact) mass is 526 g/mol. The summed E-state index contributed by atoms with van der Waals surface area (Å²) in [5.41, 5.74) is -0.343. The minimum absolute atomic E-state index is 0.0414. The fourth-order valence-corrected chi connectivity index (χ4v) is 6.33. The normalized spacial score (nSPS) is 35.9. The standard InChI is InChI=1S/C23H29F3N6O5/c1-22(2)7-11-9-32-16(15(11)22)19(35)29-12(8-27)5-10-6-14(30-17(10)33)18(34)28-4-3-13(20(32)36)31-21(37)23(24,25)26/h10-16H,3-7,9H2,1-2H3,(H,28,34)(H,29,35)(H,30,33)(H,31,37)/t10-,11+,12?,13+,14+,15+,16+/m1/s1. The molecule has 0 radical (unpaired) electrons. The van der Waals surface area contributed by atoms with Gasteiger partial charge in [-0.25, -0.2) is 0 Å². The second kappa shape index (κ2) is 9.50. The molecule has 4 N–H and O–H groups in total. The molecule has 5 amide bonds. The summed E-state index contributed by atoms with van der Waals surface area (Å²) < 4.78 is 39.1. The van der Waals surface area contributed by atoms with Crippen LogP contribution in [-0.4, -0.2) is 77.9 Å². The Bertz CT molecular complexity index is 1060. The zero-order valence-electron chi connectivity index (χ0n) is 20.4. The molecule has 1 aliphatic carbocycles. The number of fused-ring (bicyclic) bond motifs is 5. The average molecular weight is 527 g/mol. The SMILES string of the molecule is CC1(C)C[C@H]2CN3C(=O)[C@@H](NC(=O)C(F)(F)F)CCNC(=O)[C@@H]4C[C@@H](CC(C#N)NC(=O)[C@@H]3[C@H]21)C(=O)N4. The molecule has 4 rings (SSSR count). The molecule has 0 aromatic rings. The molecule has 0 aromatic heterocycles. The predicted octanol–water partition coefficient (Wildman–Crippen LogP) is -0.670. The zero-order chi connectivity index (χ0) is 27.3. The molecule has 202 valence electrons. The first kappa shape index (κ1) is 26.7. The number of nitrogens with one attached hydrogen (secondary N) is 4. The van der Waals surface area contributed by atoms with Crippen LogP contribution < -0.4 is 21.3 Å². The number of carbonyl (C=O) groups is 5. The van der Waals surface area contributed by atoms with Crippen molar-refractivity contribution in [1.82, 2.24) is 26.2 Å². The second-order valence-electron chi connectivity index (χ2n) is 10.9. The van der Waals surface area contributed by atoms with Crippen LogP contribution in [0.15, 0.2) is 0 Å². The summed E-state index contributed by atoms with van der Waals surface area (Å²) in [6.07, 6.45) is -4.89. The molecule has 4 aliphatic rings. The van der Waals surface area contributed by atoms with E-state index < -0.39 is 65.8 Å². The lowest BCUT2D eigenvalue weighted by molar-refractivity contribution is -0.175. The van der Waals surface area contributed by atoms with Gasteiger partial charge in [0, 0.05) is 19.0 Å². The Morgan fingerprint density at radius 3 is 2.43 bits per heavy atom. The van der Waals surface area contributed by atoms with Crippen LogP contribution in [0, 0.1) is 34.5 Å². The van der Waals surface area contributed by atoms with E-state index in [1.54, 1.807) is 5.32 Å². The minimum atomic E-state index is -5.24. The lowest BCUT2D eigenvalue weighted by Crippen LogP contribution is -2.59. The van der Waals surface area contributed by atoms with Crippen LogP contribution in [0.2, 0.25) is 0 Å². The zero-order valence-corrected chi connectivity index (χ0v) is 20.4. The minimum Gasteiger partial charge on any atom is -0.354 e. The third-order valence-corrected chi connectivity index (χ3v) is 7.97. The third kappa shape index (κ3) is 5.08. The summed E-state index contributed by atoms with van der Waals surface area (Å²) in [7, 11) is 0. The summed E-state index contributed by atoms with van der Waals surface area (Å²) >= 11 is 0. The van der Waals surface area contributed by atoms with Crippen LogP contribution in [0.4, 0.5) is 13.2 Å². The lowest BCUT2D eigenvalue weighted by Gasteiger charge is -2.49. The number of alkyl halides is 3. The van der Waals surface area contributed by atoms with E-state index in [9.17, 15) is 42.4 Å². The molecule has 37 heavy (non-hydrogen) atoms. The maximum absolute atomic E-state index is 13.5. The van der Waals surface area contributed by atoms with Gasteiger partial charge in [0.25, 0.3) is 0 Å². The van der Waals surface area contributed by atoms with Gasteiger partial charge in [-0.1, -0.05) is 13.8 Å². The van der Waals surface area contributed by atoms with Crippen LogP contribution in [0.5, 0.6) is 0 Å². The van der Waals surface area contributed by atoms with Gasteiger partial charge >= 0.3 is 12.1 Å². The molecule has 2 bridgehead atoms. The van der Waals surface area contributed by atoms with Crippen molar-refractivity contribution in [3.63, 3.8) is 0 Å². The van der Waals surface area contributed by atoms with Gasteiger partial charge in [0.2, 0.25) is 23.6 Å². The molecule has 3 aliphatic heterocycles. The highest BCUT2D eigenvalue weighted by molar-refractivity contribution is 5.95. The van der Waals surface area contributed by atoms with E-state index in [0.29, 0.717) is 6.42 Å². The predicted molar refractivity (Wildman–Crippen MR) is 119 cm³/mol. The highest BCUT2D eigenvalue weighted by Crippen LogP contribution is 2.57. The van der Waals surface area contributed by atoms with E-state index in [0.717, 1.165) is 0 Å². The highest BCUT2D eigenvalue weighted by Gasteiger charge is 2.61. The third-order valence-electron chi connectivity index (χ3n) is 7.97. The Kier molecular flexibility index (Phi) is 6.85. The first-order chi connectivity index (χ1) is 17.2. The fraction of sp³-hybridized carbons (Fsp3) is 0.739. The Morgan fingerprint density at radius 2 is 1.81 bits per heavy atom. The Hall–Kier alpha value is -3.37. The van der Waals surface area contributed by atoms with Gasteiger partial charge in [-0.2, -0.15) is 18.4 Å². The van der Waals surface area contributed by atoms with Crippen molar-refractivity contribution in [2.45, 2.75) is 69.9 Å². The average Bonchev–Trinajstić information content (AvgIpc) is 3.34. The Balaban J connectivity index is 1.67. The molecular weight excluding hydrogens is 497 g/mol. The smallest absolute Gasteiger partial charge is 0.354 e. The van der Waals surface area contributed by atoms with E-state index >= 15 is 0 Å². The van der Waals surface area contributed by atoms with Crippen molar-refractivity contribution in [1.29, 1.82) is 5.26 Å². The van der Waals surface area contributed by atoms with Gasteiger partial charge in [-0.3, -0.25) is 24.0 Å². The molecule has 0 spiro atoms. The van der Waals surface area contributed by atoms with E-state index in [1.807, 2.05) is 19.9 Å². The largest absolute Gasteiger partial charge is 0.471 e. The number of amides is 5. The van der Waals surface area contributed by atoms with Gasteiger partial charge in [0.15, 0.2) is 0 Å². The number of nitrogens with zero attached hydrogens (tertiary/aromatic N) is 2. The van der Waals surface area contributed by atoms with Crippen LogP contribution in [0.3, 0.4) is 0 Å². The first-order valence-electron chi connectivity index (χ1n) is 12.2. The van der Waals surface area contributed by atoms with Gasteiger partial charge < -0.3 is 26.2 Å². The number of rotatable bonds is 1. The van der Waals surface area contributed by atoms with Crippen molar-refractivity contribution in [2.75, 3.05) is 13.1 Å². The number of hydrogen-bond acceptors (Lipinski definition) is 6. The van der Waals surface area contributed by atoms with Crippen molar-refractivity contribution >= 4 is 29.5 Å². The van der Waals surface area contributed by atoms with E-state index in [-0.39, 0.29) is 49.6 Å². The van der Waals surface area contributed by atoms with Crippen LogP contribution in [-0.2, 0) is 24.0 Å². The molecule has 14 heteroatoms. The van der Waals surface area contributed by atoms with E-state index in [2.05, 4.69) is 16.0 Å². The van der Waals surface area contributed by atoms with Crippen molar-refractivity contribution < 1.29 is 37.1 Å². The van der Waals surface area contributed by atoms with Crippen molar-refractivity contribution in [2.24, 2.45) is 23.2 Å². The number of carbonyl (C=O) groups excluding carboxylic acids is 5. The Morgan fingerprint density at radius 1 is 1.11 bits per heavy atom. The molecule has 0 aromatic carbocycles. The van der Waals surface area contributed by atoms with Gasteiger partial charge in [0.1, 0.15) is 24.2 Å². The number of nitriles is 1. The molecule has 4 fully saturated rings. The summed E-state index contributed by atoms with van der Waals surface area (Å²) in [5.74, 6) is -5.95. The maximum Gasteiger partial charge on any atom is 0.471 e. The summed E-state index contributed by atoms with van der Waals surface area (Å²) in [5, 5.41) is 19.0. The molecular formula is C23H29F3N6O5. The van der Waals surface area contributed by atoms with Crippen molar-refractivity contribution in [3.8, 4) is 6.07 Å². The van der Waals surface area contributed by atoms with Crippen LogP contribution in [0.25, 0.3) is 0 Å². The second-order valence-corrected chi connectivity index (χ2v) is 10.9. The highest BCUT2D eigenvalue weighted by atomic mass is 19.4.